The first-order valence-electron chi connectivity index (χ1n) is 5.24. The summed E-state index contributed by atoms with van der Waals surface area (Å²) in [5.74, 6) is -1.05. The van der Waals surface area contributed by atoms with Crippen LogP contribution < -0.4 is 0 Å². The number of alkyl halides is 3. The SMILES string of the molecule is O=C(O)C1(CCCC(F)(F)F)CCCOC1. The molecule has 0 aromatic heterocycles. The van der Waals surface area contributed by atoms with Crippen molar-refractivity contribution >= 4 is 5.97 Å². The summed E-state index contributed by atoms with van der Waals surface area (Å²) in [6, 6.07) is 0. The lowest BCUT2D eigenvalue weighted by molar-refractivity contribution is -0.161. The number of ether oxygens (including phenoxy) is 1. The Morgan fingerprint density at radius 3 is 2.56 bits per heavy atom. The van der Waals surface area contributed by atoms with Crippen molar-refractivity contribution in [2.24, 2.45) is 5.41 Å². The second-order valence-electron chi connectivity index (χ2n) is 4.21. The third-order valence-corrected chi connectivity index (χ3v) is 2.89. The topological polar surface area (TPSA) is 46.5 Å². The van der Waals surface area contributed by atoms with Gasteiger partial charge in [-0.15, -0.1) is 0 Å². The first-order chi connectivity index (χ1) is 7.36. The number of aliphatic carboxylic acids is 1. The highest BCUT2D eigenvalue weighted by Gasteiger charge is 2.41. The average molecular weight is 240 g/mol. The molecule has 0 aromatic rings. The van der Waals surface area contributed by atoms with Crippen molar-refractivity contribution in [3.8, 4) is 0 Å². The molecule has 0 aliphatic carbocycles. The molecule has 1 rings (SSSR count). The highest BCUT2D eigenvalue weighted by molar-refractivity contribution is 5.74. The van der Waals surface area contributed by atoms with E-state index < -0.39 is 24.0 Å². The summed E-state index contributed by atoms with van der Waals surface area (Å²) < 4.78 is 40.9. The molecule has 0 aromatic carbocycles. The van der Waals surface area contributed by atoms with Gasteiger partial charge in [0.2, 0.25) is 0 Å². The largest absolute Gasteiger partial charge is 0.481 e. The predicted molar refractivity (Wildman–Crippen MR) is 50.0 cm³/mol. The van der Waals surface area contributed by atoms with Crippen molar-refractivity contribution in [3.05, 3.63) is 0 Å². The molecule has 1 atom stereocenters. The highest BCUT2D eigenvalue weighted by atomic mass is 19.4. The predicted octanol–water partition coefficient (Wildman–Crippen LogP) is 2.60. The molecule has 0 saturated carbocycles. The van der Waals surface area contributed by atoms with Crippen molar-refractivity contribution in [2.75, 3.05) is 13.2 Å². The summed E-state index contributed by atoms with van der Waals surface area (Å²) in [6.45, 7) is 0.522. The van der Waals surface area contributed by atoms with E-state index in [0.717, 1.165) is 0 Å². The van der Waals surface area contributed by atoms with Crippen LogP contribution in [0.3, 0.4) is 0 Å². The van der Waals surface area contributed by atoms with Crippen LogP contribution in [0.5, 0.6) is 0 Å². The van der Waals surface area contributed by atoms with Crippen molar-refractivity contribution in [3.63, 3.8) is 0 Å². The van der Waals surface area contributed by atoms with Gasteiger partial charge in [0.1, 0.15) is 0 Å². The van der Waals surface area contributed by atoms with Crippen molar-refractivity contribution < 1.29 is 27.8 Å². The third kappa shape index (κ3) is 3.66. The quantitative estimate of drug-likeness (QED) is 0.821. The van der Waals surface area contributed by atoms with E-state index in [9.17, 15) is 18.0 Å². The first-order valence-corrected chi connectivity index (χ1v) is 5.24. The van der Waals surface area contributed by atoms with E-state index in [-0.39, 0.29) is 19.4 Å². The maximum absolute atomic E-state index is 12.0. The van der Waals surface area contributed by atoms with Crippen LogP contribution in [0.1, 0.15) is 32.1 Å². The van der Waals surface area contributed by atoms with Crippen LogP contribution in [0, 0.1) is 5.41 Å². The Morgan fingerprint density at radius 1 is 1.44 bits per heavy atom. The zero-order valence-electron chi connectivity index (χ0n) is 8.85. The molecule has 3 nitrogen and oxygen atoms in total. The molecule has 0 spiro atoms. The number of hydrogen-bond acceptors (Lipinski definition) is 2. The smallest absolute Gasteiger partial charge is 0.389 e. The Kier molecular flexibility index (Phi) is 4.18. The standard InChI is InChI=1S/C10H15F3O3/c11-10(12,13)5-1-3-9(8(14)15)4-2-6-16-7-9/h1-7H2,(H,14,15). The molecule has 0 radical (unpaired) electrons. The van der Waals surface area contributed by atoms with Crippen LogP contribution in [0.15, 0.2) is 0 Å². The van der Waals surface area contributed by atoms with Crippen LogP contribution in [-0.2, 0) is 9.53 Å². The Morgan fingerprint density at radius 2 is 2.12 bits per heavy atom. The number of carboxylic acid groups (broad SMARTS) is 1. The molecule has 0 bridgehead atoms. The van der Waals surface area contributed by atoms with Gasteiger partial charge < -0.3 is 9.84 Å². The monoisotopic (exact) mass is 240 g/mol. The van der Waals surface area contributed by atoms with Gasteiger partial charge >= 0.3 is 12.1 Å². The van der Waals surface area contributed by atoms with E-state index in [1.807, 2.05) is 0 Å². The van der Waals surface area contributed by atoms with Crippen molar-refractivity contribution in [1.82, 2.24) is 0 Å². The van der Waals surface area contributed by atoms with Crippen molar-refractivity contribution in [1.29, 1.82) is 0 Å². The van der Waals surface area contributed by atoms with E-state index in [1.54, 1.807) is 0 Å². The zero-order valence-corrected chi connectivity index (χ0v) is 8.85. The first kappa shape index (κ1) is 13.3. The summed E-state index contributed by atoms with van der Waals surface area (Å²) in [5, 5.41) is 9.06. The fourth-order valence-electron chi connectivity index (χ4n) is 1.95. The minimum atomic E-state index is -4.21. The van der Waals surface area contributed by atoms with Gasteiger partial charge in [0, 0.05) is 13.0 Å². The number of carbonyl (C=O) groups is 1. The molecule has 94 valence electrons. The van der Waals surface area contributed by atoms with Crippen molar-refractivity contribution in [2.45, 2.75) is 38.3 Å². The molecule has 1 fully saturated rings. The normalized spacial score (nSPS) is 26.7. The van der Waals surface area contributed by atoms with E-state index in [0.29, 0.717) is 19.4 Å². The van der Waals surface area contributed by atoms with Crippen LogP contribution >= 0.6 is 0 Å². The Bertz CT molecular complexity index is 244. The molecule has 1 N–H and O–H groups in total. The lowest BCUT2D eigenvalue weighted by atomic mass is 9.78. The Balaban J connectivity index is 2.48. The number of carboxylic acids is 1. The lowest BCUT2D eigenvalue weighted by Crippen LogP contribution is -2.39. The zero-order chi connectivity index (χ0) is 12.2. The molecule has 1 heterocycles. The summed E-state index contributed by atoms with van der Waals surface area (Å²) in [7, 11) is 0. The van der Waals surface area contributed by atoms with E-state index >= 15 is 0 Å². The van der Waals surface area contributed by atoms with Crippen LogP contribution in [0.25, 0.3) is 0 Å². The fraction of sp³-hybridized carbons (Fsp3) is 0.900. The summed E-state index contributed by atoms with van der Waals surface area (Å²) in [4.78, 5) is 11.1. The molecule has 1 aliphatic heterocycles. The van der Waals surface area contributed by atoms with Gasteiger partial charge in [-0.3, -0.25) is 4.79 Å². The number of halogens is 3. The summed E-state index contributed by atoms with van der Waals surface area (Å²) >= 11 is 0. The summed E-state index contributed by atoms with van der Waals surface area (Å²) in [5.41, 5.74) is -1.11. The molecule has 0 amide bonds. The van der Waals surface area contributed by atoms with Crippen LogP contribution in [-0.4, -0.2) is 30.5 Å². The fourth-order valence-corrected chi connectivity index (χ4v) is 1.95. The second-order valence-corrected chi connectivity index (χ2v) is 4.21. The lowest BCUT2D eigenvalue weighted by Gasteiger charge is -2.33. The van der Waals surface area contributed by atoms with Gasteiger partial charge in [-0.2, -0.15) is 13.2 Å². The van der Waals surface area contributed by atoms with E-state index in [1.165, 1.54) is 0 Å². The molecule has 1 unspecified atom stereocenters. The molecule has 16 heavy (non-hydrogen) atoms. The minimum Gasteiger partial charge on any atom is -0.481 e. The van der Waals surface area contributed by atoms with Gasteiger partial charge in [0.25, 0.3) is 0 Å². The van der Waals surface area contributed by atoms with Gasteiger partial charge in [0.05, 0.1) is 12.0 Å². The van der Waals surface area contributed by atoms with Crippen LogP contribution in [0.4, 0.5) is 13.2 Å². The summed E-state index contributed by atoms with van der Waals surface area (Å²) in [6.07, 6.45) is -4.27. The van der Waals surface area contributed by atoms with Gasteiger partial charge in [-0.05, 0) is 25.7 Å². The molecule has 6 heteroatoms. The molecular formula is C10H15F3O3. The molecule has 1 aliphatic rings. The van der Waals surface area contributed by atoms with E-state index in [4.69, 9.17) is 9.84 Å². The van der Waals surface area contributed by atoms with Gasteiger partial charge in [-0.25, -0.2) is 0 Å². The Hall–Kier alpha value is -0.780. The van der Waals surface area contributed by atoms with Gasteiger partial charge in [-0.1, -0.05) is 0 Å². The average Bonchev–Trinajstić information content (AvgIpc) is 2.17. The molecule has 1 saturated heterocycles. The molecular weight excluding hydrogens is 225 g/mol. The second kappa shape index (κ2) is 5.03. The van der Waals surface area contributed by atoms with Gasteiger partial charge in [0.15, 0.2) is 0 Å². The minimum absolute atomic E-state index is 0.0280. The highest BCUT2D eigenvalue weighted by Crippen LogP contribution is 2.36. The maximum Gasteiger partial charge on any atom is 0.389 e. The van der Waals surface area contributed by atoms with Crippen LogP contribution in [0.2, 0.25) is 0 Å². The Labute approximate surface area is 91.6 Å². The van der Waals surface area contributed by atoms with E-state index in [2.05, 4.69) is 0 Å². The number of hydrogen-bond donors (Lipinski definition) is 1. The number of rotatable bonds is 4. The third-order valence-electron chi connectivity index (χ3n) is 2.89. The maximum atomic E-state index is 12.0.